The molecule has 0 N–H and O–H groups in total. The van der Waals surface area contributed by atoms with Gasteiger partial charge in [-0.2, -0.15) is 0 Å². The van der Waals surface area contributed by atoms with Crippen molar-refractivity contribution in [2.24, 2.45) is 0 Å². The molecule has 0 aliphatic carbocycles. The second-order valence-electron chi connectivity index (χ2n) is 5.32. The highest BCUT2D eigenvalue weighted by atomic mass is 13.9. The lowest BCUT2D eigenvalue weighted by Crippen LogP contribution is -1.75. The zero-order valence-corrected chi connectivity index (χ0v) is 13.5. The van der Waals surface area contributed by atoms with Gasteiger partial charge in [-0.25, -0.2) is 0 Å². The maximum absolute atomic E-state index is 3.67. The lowest BCUT2D eigenvalue weighted by molar-refractivity contribution is 0.695. The van der Waals surface area contributed by atoms with Gasteiger partial charge in [0.25, 0.3) is 0 Å². The van der Waals surface area contributed by atoms with Crippen molar-refractivity contribution < 1.29 is 0 Å². The van der Waals surface area contributed by atoms with Gasteiger partial charge in [0.15, 0.2) is 0 Å². The molecule has 0 atom stereocenters. The Morgan fingerprint density at radius 2 is 1.10 bits per heavy atom. The van der Waals surface area contributed by atoms with Gasteiger partial charge in [-0.3, -0.25) is 0 Å². The minimum Gasteiger partial charge on any atom is -0.0991 e. The monoisotopic (exact) mass is 274 g/mol. The van der Waals surface area contributed by atoms with Crippen LogP contribution in [0.25, 0.3) is 0 Å². The molecule has 0 aliphatic heterocycles. The third-order valence-corrected chi connectivity index (χ3v) is 3.32. The molecule has 0 saturated heterocycles. The van der Waals surface area contributed by atoms with Crippen LogP contribution in [0.2, 0.25) is 0 Å². The smallest absolute Gasteiger partial charge is 0.0316 e. The summed E-state index contributed by atoms with van der Waals surface area (Å²) in [5.74, 6) is 0. The fourth-order valence-corrected chi connectivity index (χ4v) is 2.07. The number of hydrogen-bond acceptors (Lipinski definition) is 0. The predicted molar refractivity (Wildman–Crippen MR) is 94.1 cm³/mol. The summed E-state index contributed by atoms with van der Waals surface area (Å²) >= 11 is 0. The van der Waals surface area contributed by atoms with E-state index >= 15 is 0 Å². The van der Waals surface area contributed by atoms with Gasteiger partial charge in [-0.15, -0.1) is 0 Å². The summed E-state index contributed by atoms with van der Waals surface area (Å²) in [6.07, 6.45) is 29.6. The average Bonchev–Trinajstić information content (AvgIpc) is 2.47. The number of allylic oxidation sites excluding steroid dienone is 7. The molecule has 114 valence electrons. The molecule has 0 spiro atoms. The zero-order valence-electron chi connectivity index (χ0n) is 13.5. The third-order valence-electron chi connectivity index (χ3n) is 3.32. The Labute approximate surface area is 127 Å². The fraction of sp³-hybridized carbons (Fsp3) is 0.600. The van der Waals surface area contributed by atoms with Crippen molar-refractivity contribution in [3.05, 3.63) is 49.1 Å². The highest BCUT2D eigenvalue weighted by Gasteiger charge is 1.86. The summed E-state index contributed by atoms with van der Waals surface area (Å²) in [6.45, 7) is 5.92. The van der Waals surface area contributed by atoms with E-state index in [-0.39, 0.29) is 0 Å². The van der Waals surface area contributed by atoms with E-state index in [1.54, 1.807) is 0 Å². The van der Waals surface area contributed by atoms with Crippen molar-refractivity contribution in [3.8, 4) is 0 Å². The van der Waals surface area contributed by atoms with Crippen LogP contribution in [0.3, 0.4) is 0 Å². The van der Waals surface area contributed by atoms with Gasteiger partial charge in [0.05, 0.1) is 0 Å². The minimum atomic E-state index is 1.19. The van der Waals surface area contributed by atoms with Crippen LogP contribution >= 0.6 is 0 Å². The summed E-state index contributed by atoms with van der Waals surface area (Å²) in [4.78, 5) is 0. The standard InChI is InChI=1S/C20H34/c1-3-5-7-9-11-13-15-17-19-20-18-16-14-12-10-8-6-4-2/h3,5,7,12,14,19-20H,1,4,6,8-11,13,15-18H2,2H3. The van der Waals surface area contributed by atoms with Gasteiger partial charge in [0.2, 0.25) is 0 Å². The molecule has 0 heterocycles. The van der Waals surface area contributed by atoms with Gasteiger partial charge in [-0.05, 0) is 51.4 Å². The van der Waals surface area contributed by atoms with E-state index in [1.165, 1.54) is 70.6 Å². The molecule has 0 saturated carbocycles. The maximum atomic E-state index is 3.67. The Morgan fingerprint density at radius 3 is 1.65 bits per heavy atom. The quantitative estimate of drug-likeness (QED) is 0.179. The molecule has 0 heteroatoms. The summed E-state index contributed by atoms with van der Waals surface area (Å²) in [5.41, 5.74) is 0. The van der Waals surface area contributed by atoms with Crippen LogP contribution in [0.1, 0.15) is 77.6 Å². The predicted octanol–water partition coefficient (Wildman–Crippen LogP) is 7.15. The lowest BCUT2D eigenvalue weighted by atomic mass is 10.1. The molecule has 0 fully saturated rings. The van der Waals surface area contributed by atoms with Crippen LogP contribution in [0.5, 0.6) is 0 Å². The molecule has 0 aromatic carbocycles. The molecule has 0 bridgehead atoms. The van der Waals surface area contributed by atoms with Crippen LogP contribution in [0.15, 0.2) is 49.1 Å². The van der Waals surface area contributed by atoms with Crippen LogP contribution in [-0.4, -0.2) is 0 Å². The normalized spacial score (nSPS) is 12.1. The van der Waals surface area contributed by atoms with Crippen LogP contribution in [-0.2, 0) is 0 Å². The van der Waals surface area contributed by atoms with E-state index in [0.29, 0.717) is 0 Å². The Morgan fingerprint density at radius 1 is 0.600 bits per heavy atom. The molecule has 0 nitrogen and oxygen atoms in total. The van der Waals surface area contributed by atoms with Gasteiger partial charge in [0.1, 0.15) is 0 Å². The van der Waals surface area contributed by atoms with E-state index in [2.05, 4.69) is 43.9 Å². The second-order valence-corrected chi connectivity index (χ2v) is 5.32. The van der Waals surface area contributed by atoms with Crippen molar-refractivity contribution >= 4 is 0 Å². The molecule has 0 radical (unpaired) electrons. The zero-order chi connectivity index (χ0) is 14.7. The summed E-state index contributed by atoms with van der Waals surface area (Å²) in [7, 11) is 0. The van der Waals surface area contributed by atoms with Crippen LogP contribution in [0, 0.1) is 0 Å². The van der Waals surface area contributed by atoms with E-state index in [0.717, 1.165) is 0 Å². The van der Waals surface area contributed by atoms with E-state index in [4.69, 9.17) is 0 Å². The molecule has 0 aromatic heterocycles. The topological polar surface area (TPSA) is 0 Å². The molecule has 0 rings (SSSR count). The van der Waals surface area contributed by atoms with Crippen molar-refractivity contribution in [1.82, 2.24) is 0 Å². The first-order valence-corrected chi connectivity index (χ1v) is 8.49. The van der Waals surface area contributed by atoms with E-state index < -0.39 is 0 Å². The largest absolute Gasteiger partial charge is 0.0991 e. The molecular weight excluding hydrogens is 240 g/mol. The molecule has 0 unspecified atom stereocenters. The Bertz CT molecular complexity index is 268. The first kappa shape index (κ1) is 19.0. The van der Waals surface area contributed by atoms with Crippen molar-refractivity contribution in [1.29, 1.82) is 0 Å². The Hall–Kier alpha value is -1.04. The van der Waals surface area contributed by atoms with Crippen LogP contribution < -0.4 is 0 Å². The average molecular weight is 274 g/mol. The Kier molecular flexibility index (Phi) is 17.0. The number of hydrogen-bond donors (Lipinski definition) is 0. The first-order chi connectivity index (χ1) is 9.91. The van der Waals surface area contributed by atoms with Crippen molar-refractivity contribution in [2.75, 3.05) is 0 Å². The number of unbranched alkanes of at least 4 members (excludes halogenated alkanes) is 8. The molecular formula is C20H34. The second kappa shape index (κ2) is 18.0. The SMILES string of the molecule is C=CC=CCCCCCC=CCCC=CCCCCC. The molecule has 20 heavy (non-hydrogen) atoms. The van der Waals surface area contributed by atoms with Crippen molar-refractivity contribution in [2.45, 2.75) is 77.6 Å². The van der Waals surface area contributed by atoms with Gasteiger partial charge in [0, 0.05) is 0 Å². The lowest BCUT2D eigenvalue weighted by Gasteiger charge is -1.95. The van der Waals surface area contributed by atoms with Gasteiger partial charge < -0.3 is 0 Å². The molecule has 0 amide bonds. The summed E-state index contributed by atoms with van der Waals surface area (Å²) in [6, 6.07) is 0. The highest BCUT2D eigenvalue weighted by molar-refractivity contribution is 4.96. The highest BCUT2D eigenvalue weighted by Crippen LogP contribution is 2.05. The Balaban J connectivity index is 3.19. The van der Waals surface area contributed by atoms with Crippen LogP contribution in [0.4, 0.5) is 0 Å². The van der Waals surface area contributed by atoms with Crippen molar-refractivity contribution in [3.63, 3.8) is 0 Å². The first-order valence-electron chi connectivity index (χ1n) is 8.49. The summed E-state index contributed by atoms with van der Waals surface area (Å²) < 4.78 is 0. The number of rotatable bonds is 14. The molecule has 0 aliphatic rings. The summed E-state index contributed by atoms with van der Waals surface area (Å²) in [5, 5.41) is 0. The fourth-order valence-electron chi connectivity index (χ4n) is 2.07. The van der Waals surface area contributed by atoms with Gasteiger partial charge >= 0.3 is 0 Å². The van der Waals surface area contributed by atoms with E-state index in [1.807, 2.05) is 12.2 Å². The van der Waals surface area contributed by atoms with Gasteiger partial charge in [-0.1, -0.05) is 75.3 Å². The maximum Gasteiger partial charge on any atom is -0.0316 e. The minimum absolute atomic E-state index is 1.19. The molecule has 0 aromatic rings. The third kappa shape index (κ3) is 17.0. The van der Waals surface area contributed by atoms with E-state index in [9.17, 15) is 0 Å².